The molecule has 0 spiro atoms. The van der Waals surface area contributed by atoms with E-state index in [1.807, 2.05) is 36.4 Å². The number of halogens is 1. The molecule has 0 aliphatic carbocycles. The number of rotatable bonds is 3. The molecule has 2 aromatic carbocycles. The number of aryl methyl sites for hydroxylation is 1. The second-order valence-electron chi connectivity index (χ2n) is 4.41. The molecule has 0 aliphatic heterocycles. The maximum atomic E-state index is 11.1. The van der Waals surface area contributed by atoms with Crippen molar-refractivity contribution in [2.24, 2.45) is 0 Å². The zero-order chi connectivity index (χ0) is 13.8. The van der Waals surface area contributed by atoms with Crippen molar-refractivity contribution >= 4 is 23.2 Å². The van der Waals surface area contributed by atoms with Crippen LogP contribution in [0.3, 0.4) is 0 Å². The average molecular weight is 274 g/mol. The molecular weight excluding hydrogens is 258 g/mol. The van der Waals surface area contributed by atoms with Crippen LogP contribution in [0.2, 0.25) is 5.02 Å². The number of amides is 1. The minimum Gasteiger partial charge on any atom is -0.326 e. The van der Waals surface area contributed by atoms with Gasteiger partial charge in [0.1, 0.15) is 0 Å². The van der Waals surface area contributed by atoms with Gasteiger partial charge >= 0.3 is 0 Å². The number of hydrogen-bond donors (Lipinski definition) is 1. The van der Waals surface area contributed by atoms with Gasteiger partial charge in [0.05, 0.1) is 0 Å². The summed E-state index contributed by atoms with van der Waals surface area (Å²) in [6, 6.07) is 13.8. The Morgan fingerprint density at radius 2 is 1.74 bits per heavy atom. The summed E-state index contributed by atoms with van der Waals surface area (Å²) in [6.07, 6.45) is 0.872. The third kappa shape index (κ3) is 3.36. The maximum absolute atomic E-state index is 11.1. The standard InChI is InChI=1S/C16H16ClNO/c1-3-12-10-14(6-9-16(12)18-11(2)19)13-4-7-15(17)8-5-13/h4-10H,3H2,1-2H3,(H,18,19). The van der Waals surface area contributed by atoms with Gasteiger partial charge in [0.25, 0.3) is 0 Å². The highest BCUT2D eigenvalue weighted by Gasteiger charge is 2.05. The van der Waals surface area contributed by atoms with Gasteiger partial charge in [0, 0.05) is 17.6 Å². The molecule has 0 aliphatic rings. The summed E-state index contributed by atoms with van der Waals surface area (Å²) in [5, 5.41) is 3.58. The monoisotopic (exact) mass is 273 g/mol. The van der Waals surface area contributed by atoms with E-state index in [-0.39, 0.29) is 5.91 Å². The van der Waals surface area contributed by atoms with Crippen molar-refractivity contribution in [3.8, 4) is 11.1 Å². The van der Waals surface area contributed by atoms with E-state index in [4.69, 9.17) is 11.6 Å². The number of carbonyl (C=O) groups is 1. The molecule has 19 heavy (non-hydrogen) atoms. The lowest BCUT2D eigenvalue weighted by Gasteiger charge is -2.11. The summed E-state index contributed by atoms with van der Waals surface area (Å²) in [7, 11) is 0. The van der Waals surface area contributed by atoms with E-state index in [2.05, 4.69) is 18.3 Å². The average Bonchev–Trinajstić information content (AvgIpc) is 2.39. The fraction of sp³-hybridized carbons (Fsp3) is 0.188. The van der Waals surface area contributed by atoms with E-state index in [9.17, 15) is 4.79 Å². The quantitative estimate of drug-likeness (QED) is 0.875. The molecule has 0 bridgehead atoms. The summed E-state index contributed by atoms with van der Waals surface area (Å²) in [5.41, 5.74) is 4.26. The van der Waals surface area contributed by atoms with Gasteiger partial charge in [-0.05, 0) is 47.4 Å². The summed E-state index contributed by atoms with van der Waals surface area (Å²) < 4.78 is 0. The van der Waals surface area contributed by atoms with Crippen LogP contribution in [0.25, 0.3) is 11.1 Å². The first-order valence-corrected chi connectivity index (χ1v) is 6.64. The number of benzene rings is 2. The van der Waals surface area contributed by atoms with Crippen molar-refractivity contribution in [2.45, 2.75) is 20.3 Å². The van der Waals surface area contributed by atoms with Crippen LogP contribution in [0.5, 0.6) is 0 Å². The highest BCUT2D eigenvalue weighted by Crippen LogP contribution is 2.26. The van der Waals surface area contributed by atoms with Crippen LogP contribution < -0.4 is 5.32 Å². The van der Waals surface area contributed by atoms with Crippen LogP contribution >= 0.6 is 11.6 Å². The highest BCUT2D eigenvalue weighted by atomic mass is 35.5. The Balaban J connectivity index is 2.38. The Morgan fingerprint density at radius 3 is 2.32 bits per heavy atom. The van der Waals surface area contributed by atoms with Crippen LogP contribution in [-0.2, 0) is 11.2 Å². The van der Waals surface area contributed by atoms with E-state index in [1.54, 1.807) is 0 Å². The van der Waals surface area contributed by atoms with E-state index < -0.39 is 0 Å². The first-order valence-electron chi connectivity index (χ1n) is 6.26. The van der Waals surface area contributed by atoms with Gasteiger partial charge in [-0.2, -0.15) is 0 Å². The summed E-state index contributed by atoms with van der Waals surface area (Å²) in [4.78, 5) is 11.1. The Bertz CT molecular complexity index is 590. The van der Waals surface area contributed by atoms with E-state index in [0.29, 0.717) is 0 Å². The number of hydrogen-bond acceptors (Lipinski definition) is 1. The topological polar surface area (TPSA) is 29.1 Å². The molecule has 3 heteroatoms. The van der Waals surface area contributed by atoms with E-state index in [1.165, 1.54) is 6.92 Å². The molecule has 0 radical (unpaired) electrons. The zero-order valence-corrected chi connectivity index (χ0v) is 11.8. The van der Waals surface area contributed by atoms with Gasteiger partial charge in [-0.15, -0.1) is 0 Å². The van der Waals surface area contributed by atoms with E-state index >= 15 is 0 Å². The first-order chi connectivity index (χ1) is 9.10. The Morgan fingerprint density at radius 1 is 1.11 bits per heavy atom. The van der Waals surface area contributed by atoms with Gasteiger partial charge in [-0.3, -0.25) is 4.79 Å². The Labute approximate surface area is 118 Å². The van der Waals surface area contributed by atoms with Gasteiger partial charge in [0.2, 0.25) is 5.91 Å². The van der Waals surface area contributed by atoms with Gasteiger partial charge in [-0.1, -0.05) is 36.7 Å². The molecule has 0 fully saturated rings. The SMILES string of the molecule is CCc1cc(-c2ccc(Cl)cc2)ccc1NC(C)=O. The normalized spacial score (nSPS) is 10.3. The molecule has 0 heterocycles. The summed E-state index contributed by atoms with van der Waals surface area (Å²) >= 11 is 5.89. The minimum atomic E-state index is -0.0473. The van der Waals surface area contributed by atoms with Gasteiger partial charge in [-0.25, -0.2) is 0 Å². The third-order valence-electron chi connectivity index (χ3n) is 2.97. The first kappa shape index (κ1) is 13.6. The molecule has 98 valence electrons. The molecule has 0 aromatic heterocycles. The summed E-state index contributed by atoms with van der Waals surface area (Å²) in [6.45, 7) is 3.60. The number of nitrogens with one attached hydrogen (secondary N) is 1. The Kier molecular flexibility index (Phi) is 4.23. The number of anilines is 1. The van der Waals surface area contributed by atoms with Crippen molar-refractivity contribution < 1.29 is 4.79 Å². The molecule has 0 atom stereocenters. The second-order valence-corrected chi connectivity index (χ2v) is 4.85. The maximum Gasteiger partial charge on any atom is 0.221 e. The molecular formula is C16H16ClNO. The fourth-order valence-corrected chi connectivity index (χ4v) is 2.15. The molecule has 0 saturated heterocycles. The minimum absolute atomic E-state index is 0.0473. The second kappa shape index (κ2) is 5.89. The zero-order valence-electron chi connectivity index (χ0n) is 11.0. The predicted molar refractivity (Wildman–Crippen MR) is 80.6 cm³/mol. The van der Waals surface area contributed by atoms with Crippen LogP contribution in [-0.4, -0.2) is 5.91 Å². The smallest absolute Gasteiger partial charge is 0.221 e. The number of carbonyl (C=O) groups excluding carboxylic acids is 1. The van der Waals surface area contributed by atoms with Crippen LogP contribution in [0, 0.1) is 0 Å². The molecule has 2 aromatic rings. The van der Waals surface area contributed by atoms with Crippen LogP contribution in [0.4, 0.5) is 5.69 Å². The lowest BCUT2D eigenvalue weighted by Crippen LogP contribution is -2.07. The fourth-order valence-electron chi connectivity index (χ4n) is 2.02. The van der Waals surface area contributed by atoms with E-state index in [0.717, 1.165) is 33.8 Å². The lowest BCUT2D eigenvalue weighted by molar-refractivity contribution is -0.114. The molecule has 1 amide bonds. The largest absolute Gasteiger partial charge is 0.326 e. The van der Waals surface area contributed by atoms with Gasteiger partial charge in [0.15, 0.2) is 0 Å². The molecule has 2 rings (SSSR count). The molecule has 0 unspecified atom stereocenters. The van der Waals surface area contributed by atoms with Crippen LogP contribution in [0.1, 0.15) is 19.4 Å². The van der Waals surface area contributed by atoms with Crippen molar-refractivity contribution in [3.63, 3.8) is 0 Å². The molecule has 1 N–H and O–H groups in total. The highest BCUT2D eigenvalue weighted by molar-refractivity contribution is 6.30. The van der Waals surface area contributed by atoms with Crippen molar-refractivity contribution in [2.75, 3.05) is 5.32 Å². The van der Waals surface area contributed by atoms with Crippen molar-refractivity contribution in [1.29, 1.82) is 0 Å². The molecule has 0 saturated carbocycles. The van der Waals surface area contributed by atoms with Crippen molar-refractivity contribution in [1.82, 2.24) is 0 Å². The predicted octanol–water partition coefficient (Wildman–Crippen LogP) is 4.53. The van der Waals surface area contributed by atoms with Gasteiger partial charge < -0.3 is 5.32 Å². The lowest BCUT2D eigenvalue weighted by atomic mass is 10.0. The summed E-state index contributed by atoms with van der Waals surface area (Å²) in [5.74, 6) is -0.0473. The molecule has 2 nitrogen and oxygen atoms in total. The Hall–Kier alpha value is -1.80. The van der Waals surface area contributed by atoms with Crippen molar-refractivity contribution in [3.05, 3.63) is 53.1 Å². The van der Waals surface area contributed by atoms with Crippen LogP contribution in [0.15, 0.2) is 42.5 Å². The third-order valence-corrected chi connectivity index (χ3v) is 3.23.